The van der Waals surface area contributed by atoms with E-state index in [1.54, 1.807) is 12.1 Å². The van der Waals surface area contributed by atoms with Gasteiger partial charge in [0, 0.05) is 5.56 Å². The lowest BCUT2D eigenvalue weighted by Crippen LogP contribution is -2.33. The SMILES string of the molecule is Br.C[N+](C)(C)Cc1cccc(C(=N)[O-])c1. The van der Waals surface area contributed by atoms with Crippen molar-refractivity contribution in [3.05, 3.63) is 35.4 Å². The van der Waals surface area contributed by atoms with Gasteiger partial charge in [-0.25, -0.2) is 0 Å². The van der Waals surface area contributed by atoms with E-state index < -0.39 is 5.90 Å². The van der Waals surface area contributed by atoms with E-state index in [-0.39, 0.29) is 17.0 Å². The first-order chi connectivity index (χ1) is 6.38. The molecule has 1 rings (SSSR count). The van der Waals surface area contributed by atoms with Crippen molar-refractivity contribution in [3.8, 4) is 0 Å². The van der Waals surface area contributed by atoms with E-state index >= 15 is 0 Å². The molecule has 0 atom stereocenters. The Morgan fingerprint density at radius 3 is 2.40 bits per heavy atom. The number of halogens is 1. The normalized spacial score (nSPS) is 10.6. The minimum atomic E-state index is -0.617. The lowest BCUT2D eigenvalue weighted by atomic mass is 10.1. The molecule has 0 aliphatic rings. The van der Waals surface area contributed by atoms with Crippen molar-refractivity contribution in [2.75, 3.05) is 21.1 Å². The second-order valence-corrected chi connectivity index (χ2v) is 4.48. The smallest absolute Gasteiger partial charge is 0.104 e. The summed E-state index contributed by atoms with van der Waals surface area (Å²) in [6.45, 7) is 0.862. The molecule has 0 heterocycles. The van der Waals surface area contributed by atoms with Crippen LogP contribution >= 0.6 is 17.0 Å². The quantitative estimate of drug-likeness (QED) is 0.501. The molecule has 0 amide bonds. The van der Waals surface area contributed by atoms with E-state index in [9.17, 15) is 5.11 Å². The van der Waals surface area contributed by atoms with E-state index in [2.05, 4.69) is 21.1 Å². The first-order valence-corrected chi connectivity index (χ1v) is 4.54. The van der Waals surface area contributed by atoms with Crippen molar-refractivity contribution < 1.29 is 9.59 Å². The molecule has 15 heavy (non-hydrogen) atoms. The van der Waals surface area contributed by atoms with Gasteiger partial charge in [0.05, 0.1) is 21.1 Å². The highest BCUT2D eigenvalue weighted by Gasteiger charge is 2.08. The van der Waals surface area contributed by atoms with Gasteiger partial charge >= 0.3 is 0 Å². The van der Waals surface area contributed by atoms with Crippen LogP contribution in [0.25, 0.3) is 0 Å². The second-order valence-electron chi connectivity index (χ2n) is 4.48. The Kier molecular flexibility index (Phi) is 4.97. The van der Waals surface area contributed by atoms with Gasteiger partial charge < -0.3 is 15.0 Å². The molecule has 0 spiro atoms. The van der Waals surface area contributed by atoms with Gasteiger partial charge in [0.25, 0.3) is 0 Å². The van der Waals surface area contributed by atoms with Gasteiger partial charge in [-0.15, -0.1) is 17.0 Å². The van der Waals surface area contributed by atoms with Crippen molar-refractivity contribution in [2.45, 2.75) is 6.54 Å². The summed E-state index contributed by atoms with van der Waals surface area (Å²) in [7, 11) is 6.28. The van der Waals surface area contributed by atoms with Crippen LogP contribution in [0.15, 0.2) is 24.3 Å². The summed E-state index contributed by atoms with van der Waals surface area (Å²) in [5, 5.41) is 17.8. The van der Waals surface area contributed by atoms with Crippen LogP contribution in [0, 0.1) is 5.41 Å². The minimum absolute atomic E-state index is 0. The highest BCUT2D eigenvalue weighted by atomic mass is 79.9. The largest absolute Gasteiger partial charge is 0.859 e. The predicted molar refractivity (Wildman–Crippen MR) is 65.3 cm³/mol. The number of quaternary nitrogens is 1. The van der Waals surface area contributed by atoms with Gasteiger partial charge in [-0.05, 0) is 17.5 Å². The van der Waals surface area contributed by atoms with Gasteiger partial charge in [0.1, 0.15) is 6.54 Å². The molecule has 0 radical (unpaired) electrons. The standard InChI is InChI=1S/C11H16N2O.BrH/c1-13(2,3)8-9-5-4-6-10(7-9)11(12)14;/h4-7H,8H2,1-3H3,(H-,12,14);1H. The average Bonchev–Trinajstić information content (AvgIpc) is 2.01. The van der Waals surface area contributed by atoms with Crippen molar-refractivity contribution >= 4 is 22.9 Å². The molecule has 1 aromatic rings. The van der Waals surface area contributed by atoms with E-state index in [0.717, 1.165) is 16.6 Å². The van der Waals surface area contributed by atoms with Crippen molar-refractivity contribution in [1.29, 1.82) is 5.41 Å². The van der Waals surface area contributed by atoms with E-state index in [0.29, 0.717) is 5.56 Å². The molecule has 4 heteroatoms. The topological polar surface area (TPSA) is 46.9 Å². The first-order valence-electron chi connectivity index (χ1n) is 4.54. The third-order valence-electron chi connectivity index (χ3n) is 1.85. The van der Waals surface area contributed by atoms with Crippen molar-refractivity contribution in [1.82, 2.24) is 0 Å². The minimum Gasteiger partial charge on any atom is -0.859 e. The highest BCUT2D eigenvalue weighted by molar-refractivity contribution is 8.93. The summed E-state index contributed by atoms with van der Waals surface area (Å²) in [6, 6.07) is 7.27. The third-order valence-corrected chi connectivity index (χ3v) is 1.85. The summed E-state index contributed by atoms with van der Waals surface area (Å²) in [5.41, 5.74) is 1.56. The molecular formula is C11H17BrN2O. The zero-order chi connectivity index (χ0) is 10.8. The summed E-state index contributed by atoms with van der Waals surface area (Å²) in [6.07, 6.45) is 0. The molecule has 0 aromatic heterocycles. The maximum Gasteiger partial charge on any atom is 0.104 e. The Balaban J connectivity index is 0.00000196. The number of rotatable bonds is 3. The summed E-state index contributed by atoms with van der Waals surface area (Å²) in [4.78, 5) is 0. The molecule has 84 valence electrons. The summed E-state index contributed by atoms with van der Waals surface area (Å²) < 4.78 is 0.815. The molecule has 0 saturated carbocycles. The van der Waals surface area contributed by atoms with Crippen LogP contribution in [0.5, 0.6) is 0 Å². The molecule has 0 aliphatic heterocycles. The van der Waals surface area contributed by atoms with Gasteiger partial charge in [-0.2, -0.15) is 0 Å². The molecular weight excluding hydrogens is 256 g/mol. The maximum absolute atomic E-state index is 10.8. The fourth-order valence-corrected chi connectivity index (χ4v) is 1.36. The highest BCUT2D eigenvalue weighted by Crippen LogP contribution is 2.09. The van der Waals surface area contributed by atoms with Gasteiger partial charge in [0.2, 0.25) is 0 Å². The van der Waals surface area contributed by atoms with Gasteiger partial charge in [0.15, 0.2) is 0 Å². The zero-order valence-corrected chi connectivity index (χ0v) is 11.0. The molecule has 1 aromatic carbocycles. The van der Waals surface area contributed by atoms with E-state index in [4.69, 9.17) is 5.41 Å². The van der Waals surface area contributed by atoms with Crippen LogP contribution < -0.4 is 5.11 Å². The van der Waals surface area contributed by atoms with Crippen LogP contribution in [0.2, 0.25) is 0 Å². The summed E-state index contributed by atoms with van der Waals surface area (Å²) in [5.74, 6) is -0.617. The monoisotopic (exact) mass is 272 g/mol. The van der Waals surface area contributed by atoms with Crippen molar-refractivity contribution in [3.63, 3.8) is 0 Å². The molecule has 0 bridgehead atoms. The zero-order valence-electron chi connectivity index (χ0n) is 9.28. The average molecular weight is 273 g/mol. The predicted octanol–water partition coefficient (Wildman–Crippen LogP) is 1.16. The molecule has 0 fully saturated rings. The molecule has 0 unspecified atom stereocenters. The van der Waals surface area contributed by atoms with Gasteiger partial charge in [-0.3, -0.25) is 0 Å². The first kappa shape index (κ1) is 14.1. The fraction of sp³-hybridized carbons (Fsp3) is 0.364. The summed E-state index contributed by atoms with van der Waals surface area (Å²) >= 11 is 0. The Morgan fingerprint density at radius 2 is 1.93 bits per heavy atom. The fourth-order valence-electron chi connectivity index (χ4n) is 1.36. The molecule has 0 aliphatic carbocycles. The second kappa shape index (κ2) is 5.28. The van der Waals surface area contributed by atoms with Crippen molar-refractivity contribution in [2.24, 2.45) is 0 Å². The number of nitrogens with one attached hydrogen (secondary N) is 1. The van der Waals surface area contributed by atoms with Crippen LogP contribution in [0.4, 0.5) is 0 Å². The number of nitrogens with zero attached hydrogens (tertiary/aromatic N) is 1. The number of benzene rings is 1. The molecule has 1 N–H and O–H groups in total. The van der Waals surface area contributed by atoms with E-state index in [1.165, 1.54) is 0 Å². The van der Waals surface area contributed by atoms with Gasteiger partial charge in [-0.1, -0.05) is 18.2 Å². The third kappa shape index (κ3) is 4.95. The van der Waals surface area contributed by atoms with Crippen LogP contribution in [0.1, 0.15) is 11.1 Å². The molecule has 0 saturated heterocycles. The lowest BCUT2D eigenvalue weighted by Gasteiger charge is -2.24. The maximum atomic E-state index is 10.8. The number of hydrogen-bond acceptors (Lipinski definition) is 2. The number of hydrogen-bond donors (Lipinski definition) is 1. The Labute approximate surface area is 101 Å². The Bertz CT molecular complexity index is 345. The van der Waals surface area contributed by atoms with Crippen LogP contribution in [-0.4, -0.2) is 31.5 Å². The Morgan fingerprint density at radius 1 is 1.33 bits per heavy atom. The van der Waals surface area contributed by atoms with Crippen LogP contribution in [0.3, 0.4) is 0 Å². The lowest BCUT2D eigenvalue weighted by molar-refractivity contribution is -0.884. The Hall–Kier alpha value is -0.870. The molecule has 3 nitrogen and oxygen atoms in total. The van der Waals surface area contributed by atoms with Crippen LogP contribution in [-0.2, 0) is 6.54 Å². The van der Waals surface area contributed by atoms with E-state index in [1.807, 2.05) is 12.1 Å².